The van der Waals surface area contributed by atoms with E-state index in [1.54, 1.807) is 4.68 Å². The van der Waals surface area contributed by atoms with Gasteiger partial charge in [-0.3, -0.25) is 4.68 Å². The first-order chi connectivity index (χ1) is 8.51. The summed E-state index contributed by atoms with van der Waals surface area (Å²) in [7, 11) is 6.79. The molecule has 1 heterocycles. The fourth-order valence-electron chi connectivity index (χ4n) is 1.70. The lowest BCUT2D eigenvalue weighted by atomic mass is 10.2. The number of likely N-dealkylation sites (N-methyl/N-ethyl adjacent to an activating group) is 1. The third kappa shape index (κ3) is 3.39. The van der Waals surface area contributed by atoms with Crippen molar-refractivity contribution in [2.75, 3.05) is 34.8 Å². The van der Waals surface area contributed by atoms with Gasteiger partial charge in [0, 0.05) is 6.54 Å². The van der Waals surface area contributed by atoms with Crippen molar-refractivity contribution in [1.29, 1.82) is 0 Å². The molecular formula is C11H20F2N4O. The second kappa shape index (κ2) is 6.65. The third-order valence-corrected chi connectivity index (χ3v) is 2.68. The van der Waals surface area contributed by atoms with Crippen LogP contribution in [-0.4, -0.2) is 55.9 Å². The van der Waals surface area contributed by atoms with Crippen molar-refractivity contribution in [3.05, 3.63) is 11.9 Å². The average Bonchev–Trinajstić information content (AvgIpc) is 2.70. The van der Waals surface area contributed by atoms with E-state index < -0.39 is 12.5 Å². The van der Waals surface area contributed by atoms with Crippen LogP contribution in [0.2, 0.25) is 0 Å². The molecule has 1 rings (SSSR count). The first-order valence-electron chi connectivity index (χ1n) is 5.71. The molecule has 0 bridgehead atoms. The largest absolute Gasteiger partial charge is 0.493 e. The summed E-state index contributed by atoms with van der Waals surface area (Å²) in [6.45, 7) is 1.26. The molecule has 1 aromatic heterocycles. The zero-order valence-corrected chi connectivity index (χ0v) is 11.2. The lowest BCUT2D eigenvalue weighted by Crippen LogP contribution is -2.29. The summed E-state index contributed by atoms with van der Waals surface area (Å²) < 4.78 is 32.6. The normalized spacial score (nSPS) is 13.3. The lowest BCUT2D eigenvalue weighted by molar-refractivity contribution is 0.0963. The first-order valence-corrected chi connectivity index (χ1v) is 5.71. The monoisotopic (exact) mass is 262 g/mol. The SMILES string of the molecule is CNC(c1c(OC)cnn1CCN(C)C)C(F)F. The Balaban J connectivity index is 3.00. The van der Waals surface area contributed by atoms with Gasteiger partial charge in [0.1, 0.15) is 11.7 Å². The predicted octanol–water partition coefficient (Wildman–Crippen LogP) is 0.979. The first kappa shape index (κ1) is 14.8. The summed E-state index contributed by atoms with van der Waals surface area (Å²) in [6.07, 6.45) is -1.05. The van der Waals surface area contributed by atoms with Gasteiger partial charge in [0.25, 0.3) is 6.43 Å². The Morgan fingerprint density at radius 1 is 1.50 bits per heavy atom. The molecule has 1 aromatic rings. The van der Waals surface area contributed by atoms with Crippen molar-refractivity contribution >= 4 is 0 Å². The molecule has 0 aromatic carbocycles. The standard InChI is InChI=1S/C11H20F2N4O/c1-14-9(11(12)13)10-8(18-4)7-15-17(10)6-5-16(2)3/h7,9,11,14H,5-6H2,1-4H3. The smallest absolute Gasteiger partial charge is 0.259 e. The second-order valence-electron chi connectivity index (χ2n) is 4.23. The highest BCUT2D eigenvalue weighted by molar-refractivity contribution is 5.28. The number of rotatable bonds is 7. The Morgan fingerprint density at radius 2 is 2.17 bits per heavy atom. The fourth-order valence-corrected chi connectivity index (χ4v) is 1.70. The van der Waals surface area contributed by atoms with Crippen LogP contribution in [0.3, 0.4) is 0 Å². The topological polar surface area (TPSA) is 42.3 Å². The van der Waals surface area contributed by atoms with Crippen molar-refractivity contribution in [3.8, 4) is 5.75 Å². The van der Waals surface area contributed by atoms with Crippen LogP contribution < -0.4 is 10.1 Å². The van der Waals surface area contributed by atoms with E-state index in [-0.39, 0.29) is 0 Å². The summed E-state index contributed by atoms with van der Waals surface area (Å²) in [6, 6.07) is -1.08. The Bertz CT molecular complexity index is 368. The molecule has 1 unspecified atom stereocenters. The van der Waals surface area contributed by atoms with Crippen LogP contribution in [0.1, 0.15) is 11.7 Å². The Kier molecular flexibility index (Phi) is 5.49. The number of nitrogens with zero attached hydrogens (tertiary/aromatic N) is 3. The van der Waals surface area contributed by atoms with Crippen LogP contribution in [0, 0.1) is 0 Å². The highest BCUT2D eigenvalue weighted by atomic mass is 19.3. The van der Waals surface area contributed by atoms with Gasteiger partial charge in [-0.15, -0.1) is 0 Å². The molecule has 0 fully saturated rings. The molecule has 5 nitrogen and oxygen atoms in total. The fraction of sp³-hybridized carbons (Fsp3) is 0.727. The summed E-state index contributed by atoms with van der Waals surface area (Å²) in [5.41, 5.74) is 0.386. The maximum Gasteiger partial charge on any atom is 0.259 e. The molecule has 7 heteroatoms. The predicted molar refractivity (Wildman–Crippen MR) is 65.1 cm³/mol. The van der Waals surface area contributed by atoms with Gasteiger partial charge in [0.2, 0.25) is 0 Å². The van der Waals surface area contributed by atoms with Gasteiger partial charge >= 0.3 is 0 Å². The number of nitrogens with one attached hydrogen (secondary N) is 1. The Morgan fingerprint density at radius 3 is 2.61 bits per heavy atom. The quantitative estimate of drug-likeness (QED) is 0.795. The Hall–Kier alpha value is -1.21. The zero-order valence-electron chi connectivity index (χ0n) is 11.2. The summed E-state index contributed by atoms with van der Waals surface area (Å²) in [5, 5.41) is 6.70. The van der Waals surface area contributed by atoms with Crippen LogP contribution in [-0.2, 0) is 6.54 Å². The van der Waals surface area contributed by atoms with E-state index in [0.29, 0.717) is 18.0 Å². The highest BCUT2D eigenvalue weighted by Crippen LogP contribution is 2.28. The van der Waals surface area contributed by atoms with Crippen LogP contribution in [0.5, 0.6) is 5.75 Å². The minimum absolute atomic E-state index is 0.383. The minimum Gasteiger partial charge on any atom is -0.493 e. The molecule has 0 saturated carbocycles. The number of hydrogen-bond acceptors (Lipinski definition) is 4. The highest BCUT2D eigenvalue weighted by Gasteiger charge is 2.28. The maximum absolute atomic E-state index is 13.0. The van der Waals surface area contributed by atoms with Crippen molar-refractivity contribution in [2.24, 2.45) is 0 Å². The maximum atomic E-state index is 13.0. The molecule has 1 atom stereocenters. The molecule has 18 heavy (non-hydrogen) atoms. The number of ether oxygens (including phenoxy) is 1. The van der Waals surface area contributed by atoms with Gasteiger partial charge in [-0.05, 0) is 21.1 Å². The molecule has 104 valence electrons. The molecule has 0 radical (unpaired) electrons. The number of alkyl halides is 2. The van der Waals surface area contributed by atoms with E-state index >= 15 is 0 Å². The molecule has 0 saturated heterocycles. The van der Waals surface area contributed by atoms with Crippen LogP contribution in [0.4, 0.5) is 8.78 Å². The van der Waals surface area contributed by atoms with Gasteiger partial charge in [-0.2, -0.15) is 5.10 Å². The minimum atomic E-state index is -2.52. The van der Waals surface area contributed by atoms with Gasteiger partial charge in [0.15, 0.2) is 5.75 Å². The number of methoxy groups -OCH3 is 1. The molecule has 0 spiro atoms. The van der Waals surface area contributed by atoms with E-state index in [9.17, 15) is 8.78 Å². The zero-order chi connectivity index (χ0) is 13.7. The van der Waals surface area contributed by atoms with E-state index in [1.807, 2.05) is 19.0 Å². The van der Waals surface area contributed by atoms with Gasteiger partial charge in [-0.1, -0.05) is 0 Å². The van der Waals surface area contributed by atoms with Crippen LogP contribution >= 0.6 is 0 Å². The van der Waals surface area contributed by atoms with E-state index in [4.69, 9.17) is 4.74 Å². The van der Waals surface area contributed by atoms with E-state index in [1.165, 1.54) is 20.4 Å². The molecule has 0 aliphatic carbocycles. The van der Waals surface area contributed by atoms with Crippen molar-refractivity contribution < 1.29 is 13.5 Å². The van der Waals surface area contributed by atoms with Crippen LogP contribution in [0.25, 0.3) is 0 Å². The summed E-state index contributed by atoms with van der Waals surface area (Å²) in [5.74, 6) is 0.383. The van der Waals surface area contributed by atoms with E-state index in [2.05, 4.69) is 10.4 Å². The molecule has 0 aliphatic rings. The number of hydrogen-bond donors (Lipinski definition) is 1. The molecule has 0 amide bonds. The van der Waals surface area contributed by atoms with Crippen molar-refractivity contribution in [3.63, 3.8) is 0 Å². The molecule has 1 N–H and O–H groups in total. The van der Waals surface area contributed by atoms with Gasteiger partial charge in [0.05, 0.1) is 19.9 Å². The molecular weight excluding hydrogens is 242 g/mol. The van der Waals surface area contributed by atoms with E-state index in [0.717, 1.165) is 6.54 Å². The number of halogens is 2. The molecule has 0 aliphatic heterocycles. The van der Waals surface area contributed by atoms with Crippen molar-refractivity contribution in [2.45, 2.75) is 19.0 Å². The second-order valence-corrected chi connectivity index (χ2v) is 4.23. The average molecular weight is 262 g/mol. The summed E-state index contributed by atoms with van der Waals surface area (Å²) in [4.78, 5) is 1.97. The van der Waals surface area contributed by atoms with Crippen LogP contribution in [0.15, 0.2) is 6.20 Å². The third-order valence-electron chi connectivity index (χ3n) is 2.68. The van der Waals surface area contributed by atoms with Gasteiger partial charge < -0.3 is 15.0 Å². The van der Waals surface area contributed by atoms with Gasteiger partial charge in [-0.25, -0.2) is 8.78 Å². The lowest BCUT2D eigenvalue weighted by Gasteiger charge is -2.19. The van der Waals surface area contributed by atoms with Crippen molar-refractivity contribution in [1.82, 2.24) is 20.0 Å². The number of aromatic nitrogens is 2. The Labute approximate surface area is 106 Å². The summed E-state index contributed by atoms with van der Waals surface area (Å²) >= 11 is 0.